The molecule has 0 heterocycles. The molecule has 0 aliphatic carbocycles. The maximum Gasteiger partial charge on any atom is 0.255 e. The molecule has 2 rings (SSSR count). The van der Waals surface area contributed by atoms with E-state index in [9.17, 15) is 4.79 Å². The van der Waals surface area contributed by atoms with Gasteiger partial charge >= 0.3 is 0 Å². The van der Waals surface area contributed by atoms with Crippen molar-refractivity contribution >= 4 is 17.3 Å². The zero-order chi connectivity index (χ0) is 15.4. The van der Waals surface area contributed by atoms with Gasteiger partial charge in [-0.25, -0.2) is 0 Å². The third kappa shape index (κ3) is 3.25. The number of carbonyl (C=O) groups is 1. The third-order valence-electron chi connectivity index (χ3n) is 3.18. The number of methoxy groups -OCH3 is 2. The number of hydrogen-bond acceptors (Lipinski definition) is 4. The molecule has 0 unspecified atom stereocenters. The molecule has 5 heteroatoms. The molecule has 0 aliphatic heterocycles. The third-order valence-corrected chi connectivity index (χ3v) is 3.18. The van der Waals surface area contributed by atoms with Crippen molar-refractivity contribution in [3.63, 3.8) is 0 Å². The van der Waals surface area contributed by atoms with Crippen LogP contribution in [0.4, 0.5) is 11.4 Å². The molecule has 0 saturated heterocycles. The van der Waals surface area contributed by atoms with E-state index in [4.69, 9.17) is 15.2 Å². The molecule has 2 aromatic carbocycles. The Morgan fingerprint density at radius 2 is 1.86 bits per heavy atom. The van der Waals surface area contributed by atoms with Gasteiger partial charge in [0.15, 0.2) is 0 Å². The van der Waals surface area contributed by atoms with Crippen LogP contribution in [0.5, 0.6) is 11.5 Å². The lowest BCUT2D eigenvalue weighted by Crippen LogP contribution is -2.13. The van der Waals surface area contributed by atoms with E-state index >= 15 is 0 Å². The molecule has 110 valence electrons. The maximum absolute atomic E-state index is 12.3. The number of nitrogens with two attached hydrogens (primary N) is 1. The van der Waals surface area contributed by atoms with E-state index in [2.05, 4.69) is 5.32 Å². The maximum atomic E-state index is 12.3. The summed E-state index contributed by atoms with van der Waals surface area (Å²) in [6.07, 6.45) is 0. The summed E-state index contributed by atoms with van der Waals surface area (Å²) >= 11 is 0. The van der Waals surface area contributed by atoms with Crippen LogP contribution in [0.15, 0.2) is 36.4 Å². The largest absolute Gasteiger partial charge is 0.497 e. The molecular weight excluding hydrogens is 268 g/mol. The van der Waals surface area contributed by atoms with E-state index in [1.165, 1.54) is 7.11 Å². The Bertz CT molecular complexity index is 669. The average Bonchev–Trinajstić information content (AvgIpc) is 2.49. The Labute approximate surface area is 123 Å². The highest BCUT2D eigenvalue weighted by molar-refractivity contribution is 6.05. The van der Waals surface area contributed by atoms with Gasteiger partial charge in [-0.1, -0.05) is 0 Å². The molecule has 0 spiro atoms. The topological polar surface area (TPSA) is 73.6 Å². The Hall–Kier alpha value is -2.69. The van der Waals surface area contributed by atoms with Crippen molar-refractivity contribution < 1.29 is 14.3 Å². The van der Waals surface area contributed by atoms with E-state index < -0.39 is 0 Å². The Morgan fingerprint density at radius 3 is 2.48 bits per heavy atom. The first-order chi connectivity index (χ1) is 10.0. The minimum Gasteiger partial charge on any atom is -0.497 e. The second-order valence-corrected chi connectivity index (χ2v) is 4.59. The standard InChI is InChI=1S/C16H18N2O3/c1-10-8-12(20-2)5-7-14(10)18-16(19)11-4-6-13(17)15(9-11)21-3/h4-9H,17H2,1-3H3,(H,18,19). The molecule has 0 radical (unpaired) electrons. The van der Waals surface area contributed by atoms with E-state index in [0.29, 0.717) is 17.0 Å². The van der Waals surface area contributed by atoms with E-state index in [0.717, 1.165) is 17.0 Å². The van der Waals surface area contributed by atoms with Crippen molar-refractivity contribution in [1.82, 2.24) is 0 Å². The normalized spacial score (nSPS) is 10.0. The van der Waals surface area contributed by atoms with Crippen molar-refractivity contribution in [1.29, 1.82) is 0 Å². The summed E-state index contributed by atoms with van der Waals surface area (Å²) < 4.78 is 10.3. The number of nitrogens with one attached hydrogen (secondary N) is 1. The number of aryl methyl sites for hydroxylation is 1. The fourth-order valence-corrected chi connectivity index (χ4v) is 1.95. The van der Waals surface area contributed by atoms with Crippen LogP contribution in [-0.4, -0.2) is 20.1 Å². The Morgan fingerprint density at radius 1 is 1.10 bits per heavy atom. The number of amides is 1. The zero-order valence-electron chi connectivity index (χ0n) is 12.3. The number of anilines is 2. The van der Waals surface area contributed by atoms with Gasteiger partial charge in [-0.3, -0.25) is 4.79 Å². The monoisotopic (exact) mass is 286 g/mol. The quantitative estimate of drug-likeness (QED) is 0.848. The number of ether oxygens (including phenoxy) is 2. The van der Waals surface area contributed by atoms with Gasteiger partial charge in [0, 0.05) is 11.3 Å². The molecule has 21 heavy (non-hydrogen) atoms. The molecule has 0 saturated carbocycles. The highest BCUT2D eigenvalue weighted by atomic mass is 16.5. The second-order valence-electron chi connectivity index (χ2n) is 4.59. The molecule has 1 amide bonds. The Balaban J connectivity index is 2.22. The predicted octanol–water partition coefficient (Wildman–Crippen LogP) is 2.85. The number of benzene rings is 2. The van der Waals surface area contributed by atoms with Crippen molar-refractivity contribution in [3.05, 3.63) is 47.5 Å². The first-order valence-electron chi connectivity index (χ1n) is 6.44. The van der Waals surface area contributed by atoms with Crippen LogP contribution < -0.4 is 20.5 Å². The highest BCUT2D eigenvalue weighted by Gasteiger charge is 2.10. The molecule has 5 nitrogen and oxygen atoms in total. The van der Waals surface area contributed by atoms with Crippen LogP contribution in [0.3, 0.4) is 0 Å². The lowest BCUT2D eigenvalue weighted by Gasteiger charge is -2.11. The smallest absolute Gasteiger partial charge is 0.255 e. The van der Waals surface area contributed by atoms with Gasteiger partial charge in [0.25, 0.3) is 5.91 Å². The van der Waals surface area contributed by atoms with Crippen molar-refractivity contribution in [2.45, 2.75) is 6.92 Å². The number of carbonyl (C=O) groups excluding carboxylic acids is 1. The summed E-state index contributed by atoms with van der Waals surface area (Å²) in [4.78, 5) is 12.3. The summed E-state index contributed by atoms with van der Waals surface area (Å²) in [7, 11) is 3.12. The summed E-state index contributed by atoms with van der Waals surface area (Å²) in [6, 6.07) is 10.4. The van der Waals surface area contributed by atoms with Gasteiger partial charge in [0.2, 0.25) is 0 Å². The van der Waals surface area contributed by atoms with Crippen molar-refractivity contribution in [2.75, 3.05) is 25.3 Å². The SMILES string of the molecule is COc1ccc(NC(=O)c2ccc(N)c(OC)c2)c(C)c1. The molecule has 2 aromatic rings. The van der Waals surface area contributed by atoms with Gasteiger partial charge in [-0.05, 0) is 48.9 Å². The summed E-state index contributed by atoms with van der Waals surface area (Å²) in [5.74, 6) is 1.01. The zero-order valence-corrected chi connectivity index (χ0v) is 12.3. The first-order valence-corrected chi connectivity index (χ1v) is 6.44. The minimum atomic E-state index is -0.221. The van der Waals surface area contributed by atoms with Crippen LogP contribution in [0.2, 0.25) is 0 Å². The highest BCUT2D eigenvalue weighted by Crippen LogP contribution is 2.24. The van der Waals surface area contributed by atoms with E-state index in [1.807, 2.05) is 13.0 Å². The van der Waals surface area contributed by atoms with Gasteiger partial charge in [0.1, 0.15) is 11.5 Å². The van der Waals surface area contributed by atoms with Gasteiger partial charge in [-0.15, -0.1) is 0 Å². The predicted molar refractivity (Wildman–Crippen MR) is 83.1 cm³/mol. The first kappa shape index (κ1) is 14.7. The summed E-state index contributed by atoms with van der Waals surface area (Å²) in [5, 5.41) is 2.86. The molecule has 0 atom stereocenters. The van der Waals surface area contributed by atoms with Crippen LogP contribution in [0, 0.1) is 6.92 Å². The average molecular weight is 286 g/mol. The molecular formula is C16H18N2O3. The van der Waals surface area contributed by atoms with Crippen molar-refractivity contribution in [3.8, 4) is 11.5 Å². The van der Waals surface area contributed by atoms with Crippen LogP contribution in [0.25, 0.3) is 0 Å². The summed E-state index contributed by atoms with van der Waals surface area (Å²) in [5.41, 5.74) is 8.37. The van der Waals surface area contributed by atoms with Crippen molar-refractivity contribution in [2.24, 2.45) is 0 Å². The van der Waals surface area contributed by atoms with Gasteiger partial charge < -0.3 is 20.5 Å². The van der Waals surface area contributed by atoms with Gasteiger partial charge in [0.05, 0.1) is 19.9 Å². The number of nitrogen functional groups attached to an aromatic ring is 1. The molecule has 0 bridgehead atoms. The molecule has 3 N–H and O–H groups in total. The number of hydrogen-bond donors (Lipinski definition) is 2. The lowest BCUT2D eigenvalue weighted by atomic mass is 10.1. The fraction of sp³-hybridized carbons (Fsp3) is 0.188. The molecule has 0 aromatic heterocycles. The fourth-order valence-electron chi connectivity index (χ4n) is 1.95. The molecule has 0 fully saturated rings. The van der Waals surface area contributed by atoms with Gasteiger partial charge in [-0.2, -0.15) is 0 Å². The molecule has 0 aliphatic rings. The lowest BCUT2D eigenvalue weighted by molar-refractivity contribution is 0.102. The second kappa shape index (κ2) is 6.17. The van der Waals surface area contributed by atoms with Crippen LogP contribution in [-0.2, 0) is 0 Å². The van der Waals surface area contributed by atoms with Crippen LogP contribution in [0.1, 0.15) is 15.9 Å². The minimum absolute atomic E-state index is 0.221. The Kier molecular flexibility index (Phi) is 4.33. The van der Waals surface area contributed by atoms with Crippen LogP contribution >= 0.6 is 0 Å². The summed E-state index contributed by atoms with van der Waals surface area (Å²) in [6.45, 7) is 1.90. The van der Waals surface area contributed by atoms with E-state index in [1.54, 1.807) is 37.4 Å². The number of rotatable bonds is 4. The van der Waals surface area contributed by atoms with E-state index in [-0.39, 0.29) is 5.91 Å².